The van der Waals surface area contributed by atoms with E-state index in [1.54, 1.807) is 0 Å². The smallest absolute Gasteiger partial charge is 0.399 e. The van der Waals surface area contributed by atoms with Crippen molar-refractivity contribution in [3.05, 3.63) is 90.8 Å². The molecule has 1 saturated heterocycles. The number of hydrogen-bond acceptors (Lipinski definition) is 3. The fraction of sp³-hybridized carbons (Fsp3) is 0.258. The molecule has 0 bridgehead atoms. The van der Waals surface area contributed by atoms with Crippen molar-refractivity contribution in [2.75, 3.05) is 0 Å². The maximum atomic E-state index is 6.62. The second-order valence-electron chi connectivity index (χ2n) is 10.6. The van der Waals surface area contributed by atoms with Crippen LogP contribution in [-0.4, -0.2) is 27.9 Å². The summed E-state index contributed by atoms with van der Waals surface area (Å²) in [5.74, 6) is 1.04. The second kappa shape index (κ2) is 8.33. The minimum Gasteiger partial charge on any atom is -0.399 e. The zero-order valence-corrected chi connectivity index (χ0v) is 21.6. The van der Waals surface area contributed by atoms with Crippen LogP contribution in [0.25, 0.3) is 38.6 Å². The third kappa shape index (κ3) is 3.49. The summed E-state index contributed by atoms with van der Waals surface area (Å²) in [5.41, 5.74) is 5.68. The van der Waals surface area contributed by atoms with Gasteiger partial charge in [-0.3, -0.25) is 4.57 Å². The molecule has 5 aromatic rings. The van der Waals surface area contributed by atoms with Crippen molar-refractivity contribution in [2.24, 2.45) is 0 Å². The van der Waals surface area contributed by atoms with Gasteiger partial charge < -0.3 is 9.31 Å². The van der Waals surface area contributed by atoms with Crippen LogP contribution < -0.4 is 5.46 Å². The Bertz CT molecular complexity index is 1590. The van der Waals surface area contributed by atoms with Crippen LogP contribution in [-0.2, 0) is 15.7 Å². The monoisotopic (exact) mass is 474 g/mol. The van der Waals surface area contributed by atoms with Gasteiger partial charge in [-0.25, -0.2) is 4.98 Å². The van der Waals surface area contributed by atoms with E-state index < -0.39 is 18.3 Å². The molecule has 0 amide bonds. The standard InChI is InChI=1S/C31H31BN2O2/c1-6-28-33-25-16-10-12-18-27(25)34(28)26-17-11-9-15-23(26)24-20-19-21-13-7-8-14-22(21)29(24)32-35-30(2,3)31(4,5)36-32/h7-20H,6H2,1-5H3. The van der Waals surface area contributed by atoms with Gasteiger partial charge in [0.25, 0.3) is 0 Å². The average molecular weight is 474 g/mol. The van der Waals surface area contributed by atoms with Gasteiger partial charge in [0.05, 0.1) is 27.9 Å². The van der Waals surface area contributed by atoms with Crippen molar-refractivity contribution in [2.45, 2.75) is 52.2 Å². The Balaban J connectivity index is 1.64. The van der Waals surface area contributed by atoms with Gasteiger partial charge in [0.1, 0.15) is 5.82 Å². The molecule has 0 radical (unpaired) electrons. The van der Waals surface area contributed by atoms with E-state index in [4.69, 9.17) is 14.3 Å². The van der Waals surface area contributed by atoms with Crippen LogP contribution in [0.5, 0.6) is 0 Å². The number of rotatable bonds is 4. The lowest BCUT2D eigenvalue weighted by atomic mass is 9.71. The van der Waals surface area contributed by atoms with Gasteiger partial charge in [-0.05, 0) is 67.7 Å². The summed E-state index contributed by atoms with van der Waals surface area (Å²) < 4.78 is 15.5. The first kappa shape index (κ1) is 23.0. The largest absolute Gasteiger partial charge is 0.496 e. The summed E-state index contributed by atoms with van der Waals surface area (Å²) >= 11 is 0. The quantitative estimate of drug-likeness (QED) is 0.272. The molecule has 4 aromatic carbocycles. The number of imidazole rings is 1. The summed E-state index contributed by atoms with van der Waals surface area (Å²) in [6.07, 6.45) is 0.838. The molecule has 2 heterocycles. The third-order valence-corrected chi connectivity index (χ3v) is 7.84. The fourth-order valence-corrected chi connectivity index (χ4v) is 5.22. The van der Waals surface area contributed by atoms with Crippen molar-refractivity contribution in [1.29, 1.82) is 0 Å². The summed E-state index contributed by atoms with van der Waals surface area (Å²) in [4.78, 5) is 4.94. The SMILES string of the molecule is CCc1nc2ccccc2n1-c1ccccc1-c1ccc2ccccc2c1B1OC(C)(C)C(C)(C)O1. The minimum atomic E-state index is -0.477. The molecule has 0 aliphatic carbocycles. The second-order valence-corrected chi connectivity index (χ2v) is 10.6. The molecule has 1 aliphatic rings. The lowest BCUT2D eigenvalue weighted by Gasteiger charge is -2.32. The van der Waals surface area contributed by atoms with E-state index in [-0.39, 0.29) is 0 Å². The molecular weight excluding hydrogens is 443 g/mol. The van der Waals surface area contributed by atoms with Gasteiger partial charge in [-0.15, -0.1) is 0 Å². The Hall–Kier alpha value is -3.41. The van der Waals surface area contributed by atoms with Gasteiger partial charge in [0.2, 0.25) is 0 Å². The maximum absolute atomic E-state index is 6.62. The predicted octanol–water partition coefficient (Wildman–Crippen LogP) is 6.71. The van der Waals surface area contributed by atoms with E-state index in [9.17, 15) is 0 Å². The van der Waals surface area contributed by atoms with Crippen LogP contribution in [0.2, 0.25) is 0 Å². The van der Waals surface area contributed by atoms with Crippen LogP contribution in [0.4, 0.5) is 0 Å². The van der Waals surface area contributed by atoms with Gasteiger partial charge in [-0.1, -0.05) is 73.7 Å². The highest BCUT2D eigenvalue weighted by molar-refractivity contribution is 6.67. The molecule has 0 saturated carbocycles. The van der Waals surface area contributed by atoms with Crippen LogP contribution in [0.15, 0.2) is 84.9 Å². The summed E-state index contributed by atoms with van der Waals surface area (Å²) in [6, 6.07) is 29.8. The number of para-hydroxylation sites is 3. The molecule has 180 valence electrons. The lowest BCUT2D eigenvalue weighted by Crippen LogP contribution is -2.41. The Morgan fingerprint density at radius 1 is 0.750 bits per heavy atom. The Kier molecular flexibility index (Phi) is 5.33. The molecule has 0 atom stereocenters. The summed E-state index contributed by atoms with van der Waals surface area (Å²) in [6.45, 7) is 10.6. The lowest BCUT2D eigenvalue weighted by molar-refractivity contribution is 0.00578. The van der Waals surface area contributed by atoms with Crippen molar-refractivity contribution in [3.8, 4) is 16.8 Å². The first-order valence-corrected chi connectivity index (χ1v) is 12.7. The zero-order valence-electron chi connectivity index (χ0n) is 21.6. The molecule has 1 aliphatic heterocycles. The van der Waals surface area contributed by atoms with E-state index in [1.165, 1.54) is 5.39 Å². The molecule has 1 fully saturated rings. The molecule has 4 nitrogen and oxygen atoms in total. The third-order valence-electron chi connectivity index (χ3n) is 7.84. The van der Waals surface area contributed by atoms with Crippen LogP contribution in [0.1, 0.15) is 40.4 Å². The highest BCUT2D eigenvalue weighted by atomic mass is 16.7. The normalized spacial score (nSPS) is 16.8. The molecule has 6 rings (SSSR count). The topological polar surface area (TPSA) is 36.3 Å². The summed E-state index contributed by atoms with van der Waals surface area (Å²) in [7, 11) is -0.477. The van der Waals surface area contributed by atoms with Gasteiger partial charge in [-0.2, -0.15) is 0 Å². The highest BCUT2D eigenvalue weighted by Gasteiger charge is 2.52. The first-order chi connectivity index (χ1) is 17.3. The van der Waals surface area contributed by atoms with E-state index >= 15 is 0 Å². The van der Waals surface area contributed by atoms with E-state index in [0.717, 1.165) is 50.9 Å². The Labute approximate surface area is 213 Å². The van der Waals surface area contributed by atoms with Crippen molar-refractivity contribution in [3.63, 3.8) is 0 Å². The number of hydrogen-bond donors (Lipinski definition) is 0. The maximum Gasteiger partial charge on any atom is 0.496 e. The van der Waals surface area contributed by atoms with Gasteiger partial charge in [0, 0.05) is 12.0 Å². The molecule has 36 heavy (non-hydrogen) atoms. The van der Waals surface area contributed by atoms with Gasteiger partial charge >= 0.3 is 7.12 Å². The predicted molar refractivity (Wildman–Crippen MR) is 149 cm³/mol. The van der Waals surface area contributed by atoms with Gasteiger partial charge in [0.15, 0.2) is 0 Å². The van der Waals surface area contributed by atoms with E-state index in [1.807, 2.05) is 6.07 Å². The van der Waals surface area contributed by atoms with Crippen molar-refractivity contribution in [1.82, 2.24) is 9.55 Å². The number of aryl methyl sites for hydroxylation is 1. The van der Waals surface area contributed by atoms with Crippen LogP contribution in [0, 0.1) is 0 Å². The number of nitrogens with zero attached hydrogens (tertiary/aromatic N) is 2. The van der Waals surface area contributed by atoms with Crippen molar-refractivity contribution < 1.29 is 9.31 Å². The molecule has 0 unspecified atom stereocenters. The van der Waals surface area contributed by atoms with Crippen molar-refractivity contribution >= 4 is 34.4 Å². The van der Waals surface area contributed by atoms with E-state index in [2.05, 4.69) is 118 Å². The zero-order chi connectivity index (χ0) is 25.1. The van der Waals surface area contributed by atoms with Crippen LogP contribution >= 0.6 is 0 Å². The van der Waals surface area contributed by atoms with E-state index in [0.29, 0.717) is 0 Å². The fourth-order valence-electron chi connectivity index (χ4n) is 5.22. The number of benzene rings is 4. The first-order valence-electron chi connectivity index (χ1n) is 12.7. The number of fused-ring (bicyclic) bond motifs is 2. The average Bonchev–Trinajstić information content (AvgIpc) is 3.35. The Morgan fingerprint density at radius 3 is 2.19 bits per heavy atom. The minimum absolute atomic E-state index is 0.429. The molecule has 0 spiro atoms. The molecule has 5 heteroatoms. The molecule has 0 N–H and O–H groups in total. The molecule has 1 aromatic heterocycles. The Morgan fingerprint density at radius 2 is 1.42 bits per heavy atom. The highest BCUT2D eigenvalue weighted by Crippen LogP contribution is 2.39. The number of aromatic nitrogens is 2. The van der Waals surface area contributed by atoms with Crippen LogP contribution in [0.3, 0.4) is 0 Å². The molecular formula is C31H31BN2O2. The summed E-state index contributed by atoms with van der Waals surface area (Å²) in [5, 5.41) is 2.32.